The predicted molar refractivity (Wildman–Crippen MR) is 86.5 cm³/mol. The van der Waals surface area contributed by atoms with E-state index >= 15 is 0 Å². The molecule has 0 saturated heterocycles. The average molecular weight is 348 g/mol. The standard InChI is InChI=1S/C18H14F2O3S/c1-10-8-14(21)18-15(7-6-13(20)17(10)18)23-16(22)9-24-12-4-2-11(19)3-5-12/h2-7,10H,8-9H2,1H3. The molecule has 6 heteroatoms. The molecule has 1 unspecified atom stereocenters. The number of benzene rings is 2. The number of esters is 1. The zero-order chi connectivity index (χ0) is 17.3. The summed E-state index contributed by atoms with van der Waals surface area (Å²) in [6.07, 6.45) is 0.213. The minimum absolute atomic E-state index is 0.00151. The highest BCUT2D eigenvalue weighted by Gasteiger charge is 2.33. The summed E-state index contributed by atoms with van der Waals surface area (Å²) in [6, 6.07) is 8.26. The van der Waals surface area contributed by atoms with Crippen molar-refractivity contribution in [1.29, 1.82) is 0 Å². The molecule has 0 fully saturated rings. The zero-order valence-electron chi connectivity index (χ0n) is 12.8. The number of ketones is 1. The fourth-order valence-corrected chi connectivity index (χ4v) is 3.41. The summed E-state index contributed by atoms with van der Waals surface area (Å²) in [5, 5.41) is 0. The van der Waals surface area contributed by atoms with Gasteiger partial charge in [-0.05, 0) is 42.3 Å². The van der Waals surface area contributed by atoms with Gasteiger partial charge in [-0.2, -0.15) is 0 Å². The first-order valence-corrected chi connectivity index (χ1v) is 8.39. The van der Waals surface area contributed by atoms with E-state index in [0.29, 0.717) is 5.56 Å². The minimum atomic E-state index is -0.550. The fourth-order valence-electron chi connectivity index (χ4n) is 2.74. The molecule has 24 heavy (non-hydrogen) atoms. The van der Waals surface area contributed by atoms with E-state index in [1.165, 1.54) is 36.0 Å². The molecule has 0 saturated carbocycles. The largest absolute Gasteiger partial charge is 0.425 e. The summed E-state index contributed by atoms with van der Waals surface area (Å²) in [5.41, 5.74) is 0.485. The van der Waals surface area contributed by atoms with Gasteiger partial charge in [0.25, 0.3) is 0 Å². The number of carbonyl (C=O) groups is 2. The lowest BCUT2D eigenvalue weighted by atomic mass is 10.0. The molecule has 0 aliphatic heterocycles. The maximum atomic E-state index is 13.9. The summed E-state index contributed by atoms with van der Waals surface area (Å²) < 4.78 is 32.0. The first kappa shape index (κ1) is 16.6. The van der Waals surface area contributed by atoms with Crippen molar-refractivity contribution in [3.8, 4) is 5.75 Å². The SMILES string of the molecule is CC1CC(=O)c2c(OC(=O)CSc3ccc(F)cc3)ccc(F)c21. The lowest BCUT2D eigenvalue weighted by Crippen LogP contribution is -2.13. The molecule has 1 atom stereocenters. The Hall–Kier alpha value is -2.21. The van der Waals surface area contributed by atoms with Crippen molar-refractivity contribution in [3.05, 3.63) is 59.2 Å². The van der Waals surface area contributed by atoms with E-state index in [0.717, 1.165) is 4.90 Å². The number of fused-ring (bicyclic) bond motifs is 1. The average Bonchev–Trinajstić information content (AvgIpc) is 2.85. The third-order valence-corrected chi connectivity index (χ3v) is 4.80. The number of hydrogen-bond acceptors (Lipinski definition) is 4. The van der Waals surface area contributed by atoms with Gasteiger partial charge in [-0.3, -0.25) is 9.59 Å². The van der Waals surface area contributed by atoms with E-state index in [9.17, 15) is 18.4 Å². The Morgan fingerprint density at radius 3 is 2.62 bits per heavy atom. The molecule has 0 aromatic heterocycles. The topological polar surface area (TPSA) is 43.4 Å². The molecule has 0 bridgehead atoms. The minimum Gasteiger partial charge on any atom is -0.425 e. The van der Waals surface area contributed by atoms with Gasteiger partial charge in [0.15, 0.2) is 5.78 Å². The second kappa shape index (κ2) is 6.73. The van der Waals surface area contributed by atoms with Crippen LogP contribution in [-0.2, 0) is 4.79 Å². The van der Waals surface area contributed by atoms with Crippen molar-refractivity contribution in [2.45, 2.75) is 24.2 Å². The van der Waals surface area contributed by atoms with Crippen LogP contribution < -0.4 is 4.74 Å². The maximum Gasteiger partial charge on any atom is 0.321 e. The highest BCUT2D eigenvalue weighted by atomic mass is 32.2. The van der Waals surface area contributed by atoms with Gasteiger partial charge in [-0.1, -0.05) is 6.92 Å². The third kappa shape index (κ3) is 3.33. The quantitative estimate of drug-likeness (QED) is 0.468. The molecule has 3 nitrogen and oxygen atoms in total. The van der Waals surface area contributed by atoms with E-state index in [-0.39, 0.29) is 41.0 Å². The second-order valence-electron chi connectivity index (χ2n) is 5.58. The Morgan fingerprint density at radius 2 is 1.92 bits per heavy atom. The van der Waals surface area contributed by atoms with Crippen molar-refractivity contribution in [2.24, 2.45) is 0 Å². The van der Waals surface area contributed by atoms with Gasteiger partial charge in [-0.25, -0.2) is 8.78 Å². The lowest BCUT2D eigenvalue weighted by molar-refractivity contribution is -0.131. The van der Waals surface area contributed by atoms with Crippen LogP contribution in [0.5, 0.6) is 5.75 Å². The monoisotopic (exact) mass is 348 g/mol. The highest BCUT2D eigenvalue weighted by Crippen LogP contribution is 2.39. The molecule has 1 aliphatic rings. The molecule has 0 N–H and O–H groups in total. The first-order chi connectivity index (χ1) is 11.5. The van der Waals surface area contributed by atoms with Crippen LogP contribution in [0.15, 0.2) is 41.3 Å². The van der Waals surface area contributed by atoms with Crippen molar-refractivity contribution in [2.75, 3.05) is 5.75 Å². The molecule has 3 rings (SSSR count). The number of thioether (sulfide) groups is 1. The van der Waals surface area contributed by atoms with Crippen molar-refractivity contribution in [1.82, 2.24) is 0 Å². The second-order valence-corrected chi connectivity index (χ2v) is 6.63. The number of carbonyl (C=O) groups excluding carboxylic acids is 2. The molecule has 0 amide bonds. The number of ether oxygens (including phenoxy) is 1. The number of halogens is 2. The summed E-state index contributed by atoms with van der Waals surface area (Å²) in [5.74, 6) is -1.69. The van der Waals surface area contributed by atoms with Gasteiger partial charge < -0.3 is 4.74 Å². The van der Waals surface area contributed by atoms with E-state index in [1.807, 2.05) is 0 Å². The van der Waals surface area contributed by atoms with Gasteiger partial charge in [-0.15, -0.1) is 11.8 Å². The van der Waals surface area contributed by atoms with Crippen LogP contribution in [0.3, 0.4) is 0 Å². The molecule has 0 radical (unpaired) electrons. The summed E-state index contributed by atoms with van der Waals surface area (Å²) in [6.45, 7) is 1.77. The molecule has 1 aliphatic carbocycles. The highest BCUT2D eigenvalue weighted by molar-refractivity contribution is 8.00. The molecule has 2 aromatic carbocycles. The third-order valence-electron chi connectivity index (χ3n) is 3.81. The fraction of sp³-hybridized carbons (Fsp3) is 0.222. The van der Waals surface area contributed by atoms with Gasteiger partial charge in [0.1, 0.15) is 17.4 Å². The molecule has 0 heterocycles. The first-order valence-electron chi connectivity index (χ1n) is 7.40. The van der Waals surface area contributed by atoms with Crippen LogP contribution >= 0.6 is 11.8 Å². The van der Waals surface area contributed by atoms with E-state index in [4.69, 9.17) is 4.74 Å². The molecule has 124 valence electrons. The summed E-state index contributed by atoms with van der Waals surface area (Å²) >= 11 is 1.19. The van der Waals surface area contributed by atoms with Crippen LogP contribution in [0, 0.1) is 11.6 Å². The Kier molecular flexibility index (Phi) is 4.66. The zero-order valence-corrected chi connectivity index (χ0v) is 13.7. The molecule has 2 aromatic rings. The van der Waals surface area contributed by atoms with Gasteiger partial charge >= 0.3 is 5.97 Å². The van der Waals surface area contributed by atoms with Crippen molar-refractivity contribution in [3.63, 3.8) is 0 Å². The Balaban J connectivity index is 1.71. The van der Waals surface area contributed by atoms with Crippen LogP contribution in [0.2, 0.25) is 0 Å². The Labute approximate surface area is 142 Å². The number of Topliss-reactive ketones (excluding diaryl/α,β-unsaturated/α-hetero) is 1. The van der Waals surface area contributed by atoms with E-state index < -0.39 is 11.8 Å². The smallest absolute Gasteiger partial charge is 0.321 e. The van der Waals surface area contributed by atoms with Crippen molar-refractivity contribution < 1.29 is 23.1 Å². The van der Waals surface area contributed by atoms with Crippen LogP contribution in [0.1, 0.15) is 35.2 Å². The van der Waals surface area contributed by atoms with E-state index in [1.54, 1.807) is 19.1 Å². The lowest BCUT2D eigenvalue weighted by Gasteiger charge is -2.10. The molecular weight excluding hydrogens is 334 g/mol. The van der Waals surface area contributed by atoms with E-state index in [2.05, 4.69) is 0 Å². The van der Waals surface area contributed by atoms with Crippen LogP contribution in [-0.4, -0.2) is 17.5 Å². The maximum absolute atomic E-state index is 13.9. The predicted octanol–water partition coefficient (Wildman–Crippen LogP) is 4.35. The normalized spacial score (nSPS) is 16.1. The van der Waals surface area contributed by atoms with Crippen LogP contribution in [0.4, 0.5) is 8.78 Å². The van der Waals surface area contributed by atoms with Crippen LogP contribution in [0.25, 0.3) is 0 Å². The van der Waals surface area contributed by atoms with Gasteiger partial charge in [0.2, 0.25) is 0 Å². The van der Waals surface area contributed by atoms with Crippen molar-refractivity contribution >= 4 is 23.5 Å². The Bertz CT molecular complexity index is 803. The summed E-state index contributed by atoms with van der Waals surface area (Å²) in [4.78, 5) is 24.8. The van der Waals surface area contributed by atoms with Gasteiger partial charge in [0.05, 0.1) is 11.3 Å². The number of hydrogen-bond donors (Lipinski definition) is 0. The number of rotatable bonds is 4. The van der Waals surface area contributed by atoms with Gasteiger partial charge in [0, 0.05) is 16.9 Å². The summed E-state index contributed by atoms with van der Waals surface area (Å²) in [7, 11) is 0. The molecule has 0 spiro atoms. The molecular formula is C18H14F2O3S. The Morgan fingerprint density at radius 1 is 1.21 bits per heavy atom.